The molecule has 0 bridgehead atoms. The molecular weight excluding hydrogens is 648 g/mol. The lowest BCUT2D eigenvalue weighted by Gasteiger charge is -2.50. The summed E-state index contributed by atoms with van der Waals surface area (Å²) < 4.78 is 88.4. The van der Waals surface area contributed by atoms with Crippen molar-refractivity contribution in [2.75, 3.05) is 13.1 Å². The molecule has 0 aromatic carbocycles. The predicted octanol–water partition coefficient (Wildman–Crippen LogP) is 6.75. The number of piperidine rings is 1. The minimum atomic E-state index is -4.90. The van der Waals surface area contributed by atoms with Crippen LogP contribution in [0.1, 0.15) is 73.6 Å². The number of hydrogen-bond acceptors (Lipinski definition) is 7. The van der Waals surface area contributed by atoms with E-state index in [2.05, 4.69) is 4.98 Å². The first-order chi connectivity index (χ1) is 21.2. The predicted molar refractivity (Wildman–Crippen MR) is 151 cm³/mol. The van der Waals surface area contributed by atoms with Crippen LogP contribution in [0.25, 0.3) is 0 Å². The Labute approximate surface area is 261 Å². The van der Waals surface area contributed by atoms with Crippen LogP contribution < -0.4 is 4.74 Å². The maximum atomic E-state index is 14.6. The van der Waals surface area contributed by atoms with E-state index in [-0.39, 0.29) is 49.5 Å². The molecule has 242 valence electrons. The fourth-order valence-corrected chi connectivity index (χ4v) is 7.63. The van der Waals surface area contributed by atoms with Crippen LogP contribution in [0.2, 0.25) is 0 Å². The topological polar surface area (TPSA) is 100 Å². The van der Waals surface area contributed by atoms with Gasteiger partial charge in [-0.1, -0.05) is 13.3 Å². The zero-order valence-corrected chi connectivity index (χ0v) is 25.3. The Balaban J connectivity index is 1.58. The van der Waals surface area contributed by atoms with E-state index in [0.717, 1.165) is 50.9 Å². The largest absolute Gasteiger partial charge is 0.477 e. The Kier molecular flexibility index (Phi) is 8.92. The molecule has 2 amide bonds. The van der Waals surface area contributed by atoms with Gasteiger partial charge >= 0.3 is 18.3 Å². The number of hydrogen-bond donors (Lipinski definition) is 1. The number of aromatic carboxylic acids is 1. The van der Waals surface area contributed by atoms with E-state index in [1.54, 1.807) is 6.92 Å². The minimum Gasteiger partial charge on any atom is -0.477 e. The molecule has 1 N–H and O–H groups in total. The lowest BCUT2D eigenvalue weighted by Crippen LogP contribution is -2.68. The van der Waals surface area contributed by atoms with Gasteiger partial charge in [0.25, 0.3) is 11.8 Å². The number of likely N-dealkylation sites (tertiary alicyclic amines) is 1. The number of nitrogens with zero attached hydrogens (tertiary/aromatic N) is 3. The Morgan fingerprint density at radius 1 is 1.13 bits per heavy atom. The molecule has 16 heteroatoms. The highest BCUT2D eigenvalue weighted by Crippen LogP contribution is 2.43. The lowest BCUT2D eigenvalue weighted by atomic mass is 9.79. The second-order valence-electron chi connectivity index (χ2n) is 10.8. The first-order valence-electron chi connectivity index (χ1n) is 14.0. The third-order valence-corrected chi connectivity index (χ3v) is 10.1. The molecule has 0 aliphatic carbocycles. The highest BCUT2D eigenvalue weighted by atomic mass is 32.1. The molecule has 3 aromatic rings. The summed E-state index contributed by atoms with van der Waals surface area (Å²) >= 11 is 1.45. The molecule has 3 aromatic heterocycles. The third-order valence-electron chi connectivity index (χ3n) is 7.88. The van der Waals surface area contributed by atoms with Gasteiger partial charge in [-0.2, -0.15) is 26.3 Å². The summed E-state index contributed by atoms with van der Waals surface area (Å²) in [6, 6.07) is 2.85. The molecule has 0 radical (unpaired) electrons. The Morgan fingerprint density at radius 2 is 1.89 bits per heavy atom. The van der Waals surface area contributed by atoms with E-state index in [1.165, 1.54) is 11.0 Å². The van der Waals surface area contributed by atoms with Gasteiger partial charge in [0.2, 0.25) is 5.60 Å². The number of thiophene rings is 2. The van der Waals surface area contributed by atoms with Crippen molar-refractivity contribution in [3.63, 3.8) is 0 Å². The van der Waals surface area contributed by atoms with Crippen LogP contribution in [0.3, 0.4) is 0 Å². The van der Waals surface area contributed by atoms with E-state index in [9.17, 15) is 45.8 Å². The van der Waals surface area contributed by atoms with Crippen molar-refractivity contribution in [3.8, 4) is 5.75 Å². The zero-order valence-electron chi connectivity index (χ0n) is 23.7. The van der Waals surface area contributed by atoms with E-state index >= 15 is 0 Å². The van der Waals surface area contributed by atoms with Crippen LogP contribution >= 0.6 is 22.7 Å². The van der Waals surface area contributed by atoms with Crippen molar-refractivity contribution in [1.82, 2.24) is 14.8 Å². The first kappa shape index (κ1) is 32.7. The van der Waals surface area contributed by atoms with Gasteiger partial charge in [0.1, 0.15) is 21.2 Å². The molecule has 2 aliphatic rings. The van der Waals surface area contributed by atoms with Crippen molar-refractivity contribution in [1.29, 1.82) is 0 Å². The molecular formula is C29H27F6N3O5S2. The number of alkyl halides is 6. The van der Waals surface area contributed by atoms with Crippen LogP contribution in [-0.2, 0) is 30.1 Å². The van der Waals surface area contributed by atoms with Crippen LogP contribution in [0.5, 0.6) is 5.75 Å². The number of ether oxygens (including phenoxy) is 1. The average Bonchev–Trinajstić information content (AvgIpc) is 3.64. The number of carbonyl (C=O) groups is 3. The summed E-state index contributed by atoms with van der Waals surface area (Å²) in [5.74, 6) is -3.11. The summed E-state index contributed by atoms with van der Waals surface area (Å²) in [5.41, 5.74) is -3.46. The van der Waals surface area contributed by atoms with E-state index < -0.39 is 57.9 Å². The highest BCUT2D eigenvalue weighted by molar-refractivity contribution is 7.14. The molecule has 2 aliphatic heterocycles. The fraction of sp³-hybridized carbons (Fsp3) is 0.448. The zero-order chi connectivity index (χ0) is 32.7. The van der Waals surface area contributed by atoms with E-state index in [4.69, 9.17) is 4.74 Å². The van der Waals surface area contributed by atoms with Crippen LogP contribution in [-0.4, -0.2) is 62.4 Å². The molecule has 5 rings (SSSR count). The van der Waals surface area contributed by atoms with Crippen LogP contribution in [0.15, 0.2) is 35.8 Å². The molecule has 5 heterocycles. The number of carboxylic acid groups (broad SMARTS) is 1. The third kappa shape index (κ3) is 6.39. The van der Waals surface area contributed by atoms with Crippen molar-refractivity contribution < 1.29 is 50.6 Å². The first-order valence-corrected chi connectivity index (χ1v) is 15.7. The standard InChI is InChI=1S/C29H27F6N3O5S2/c1-2-5-21-27(43-17-13-22(44-15-17)29(33,34)35,26(42)37-11-7-19-16(14-37)12-20(45-19)25(40)41)8-4-10-38(21)24(39)23-18(28(30,31)32)6-3-9-36-23/h3,6,9,12-13,15,21H,2,4-5,7-8,10-11,14H2,1H3,(H,40,41)/t21-,27-/m1/s1. The van der Waals surface area contributed by atoms with Gasteiger partial charge < -0.3 is 19.6 Å². The molecule has 2 atom stereocenters. The number of fused-ring (bicyclic) bond motifs is 1. The maximum absolute atomic E-state index is 14.6. The molecule has 0 saturated carbocycles. The normalized spacial score (nSPS) is 20.6. The summed E-state index contributed by atoms with van der Waals surface area (Å²) in [6.07, 6.45) is -7.70. The summed E-state index contributed by atoms with van der Waals surface area (Å²) in [5, 5.41) is 10.5. The number of rotatable bonds is 7. The summed E-state index contributed by atoms with van der Waals surface area (Å²) in [6.45, 7) is 1.83. The van der Waals surface area contributed by atoms with Gasteiger partial charge in [0.15, 0.2) is 0 Å². The van der Waals surface area contributed by atoms with Crippen molar-refractivity contribution >= 4 is 40.5 Å². The van der Waals surface area contributed by atoms with Gasteiger partial charge in [-0.25, -0.2) is 4.79 Å². The number of carboxylic acids is 1. The fourth-order valence-electron chi connectivity index (χ4n) is 5.96. The van der Waals surface area contributed by atoms with Gasteiger partial charge in [-0.3, -0.25) is 14.6 Å². The molecule has 1 fully saturated rings. The number of amides is 2. The Hall–Kier alpha value is -3.66. The van der Waals surface area contributed by atoms with E-state index in [1.807, 2.05) is 0 Å². The number of carbonyl (C=O) groups excluding carboxylic acids is 2. The number of aromatic nitrogens is 1. The SMILES string of the molecule is CCC[C@H]1N(C(=O)c2ncccc2C(F)(F)F)CCC[C@]1(Oc1csc(C(F)(F)F)c1)C(=O)N1CCc2sc(C(=O)O)cc2C1. The number of pyridine rings is 1. The Bertz CT molecular complexity index is 1600. The monoisotopic (exact) mass is 675 g/mol. The smallest absolute Gasteiger partial charge is 0.425 e. The quantitative estimate of drug-likeness (QED) is 0.279. The van der Waals surface area contributed by atoms with Crippen LogP contribution in [0.4, 0.5) is 26.3 Å². The van der Waals surface area contributed by atoms with Crippen molar-refractivity contribution in [2.45, 2.75) is 69.6 Å². The molecule has 45 heavy (non-hydrogen) atoms. The molecule has 0 spiro atoms. The number of halogens is 6. The maximum Gasteiger partial charge on any atom is 0.425 e. The summed E-state index contributed by atoms with van der Waals surface area (Å²) in [7, 11) is 0. The van der Waals surface area contributed by atoms with Gasteiger partial charge in [-0.05, 0) is 43.0 Å². The second-order valence-corrected chi connectivity index (χ2v) is 12.8. The molecule has 1 saturated heterocycles. The van der Waals surface area contributed by atoms with E-state index in [0.29, 0.717) is 29.7 Å². The average molecular weight is 676 g/mol. The van der Waals surface area contributed by atoms with Gasteiger partial charge in [0, 0.05) is 48.6 Å². The van der Waals surface area contributed by atoms with Gasteiger partial charge in [0.05, 0.1) is 11.6 Å². The Morgan fingerprint density at radius 3 is 2.53 bits per heavy atom. The minimum absolute atomic E-state index is 0.00819. The van der Waals surface area contributed by atoms with Gasteiger partial charge in [-0.15, -0.1) is 22.7 Å². The van der Waals surface area contributed by atoms with Crippen molar-refractivity contribution in [3.05, 3.63) is 67.3 Å². The second kappa shape index (κ2) is 12.3. The highest BCUT2D eigenvalue weighted by Gasteiger charge is 2.56. The summed E-state index contributed by atoms with van der Waals surface area (Å²) in [4.78, 5) is 46.1. The lowest BCUT2D eigenvalue weighted by molar-refractivity contribution is -0.160. The molecule has 8 nitrogen and oxygen atoms in total. The van der Waals surface area contributed by atoms with Crippen LogP contribution in [0, 0.1) is 0 Å². The van der Waals surface area contributed by atoms with Crippen molar-refractivity contribution in [2.24, 2.45) is 0 Å². The molecule has 0 unspecified atom stereocenters.